The van der Waals surface area contributed by atoms with Crippen molar-refractivity contribution >= 4 is 17.4 Å². The minimum absolute atomic E-state index is 0.0481. The summed E-state index contributed by atoms with van der Waals surface area (Å²) in [5.74, 6) is -3.32. The number of rotatable bonds is 2. The number of hydrogen-bond donors (Lipinski definition) is 1. The van der Waals surface area contributed by atoms with E-state index < -0.39 is 23.1 Å². The zero-order valence-corrected chi connectivity index (χ0v) is 8.59. The highest BCUT2D eigenvalue weighted by Gasteiger charge is 2.17. The van der Waals surface area contributed by atoms with E-state index in [1.54, 1.807) is 13.8 Å². The molecule has 0 amide bonds. The van der Waals surface area contributed by atoms with E-state index in [-0.39, 0.29) is 10.1 Å². The van der Waals surface area contributed by atoms with Crippen molar-refractivity contribution in [3.8, 4) is 0 Å². The molecule has 1 rings (SSSR count). The van der Waals surface area contributed by atoms with Gasteiger partial charge < -0.3 is 5.73 Å². The lowest BCUT2D eigenvalue weighted by atomic mass is 10.3. The van der Waals surface area contributed by atoms with Crippen LogP contribution in [0.15, 0.2) is 11.0 Å². The molecule has 0 aliphatic heterocycles. The van der Waals surface area contributed by atoms with Gasteiger partial charge in [-0.25, -0.2) is 13.2 Å². The average molecular weight is 221 g/mol. The van der Waals surface area contributed by atoms with Crippen molar-refractivity contribution in [3.05, 3.63) is 23.5 Å². The Morgan fingerprint density at radius 3 is 2.29 bits per heavy atom. The van der Waals surface area contributed by atoms with Crippen molar-refractivity contribution < 1.29 is 13.2 Å². The minimum Gasteiger partial charge on any atom is -0.394 e. The molecular formula is C9H10F3NS. The molecule has 5 heteroatoms. The fourth-order valence-electron chi connectivity index (χ4n) is 0.927. The van der Waals surface area contributed by atoms with Crippen LogP contribution in [-0.4, -0.2) is 5.25 Å². The number of nitrogens with two attached hydrogens (primary N) is 1. The van der Waals surface area contributed by atoms with E-state index in [1.165, 1.54) is 0 Å². The van der Waals surface area contributed by atoms with Gasteiger partial charge in [0, 0.05) is 10.1 Å². The molecule has 0 radical (unpaired) electrons. The Bertz CT molecular complexity index is 352. The van der Waals surface area contributed by atoms with Crippen molar-refractivity contribution in [3.63, 3.8) is 0 Å². The Morgan fingerprint density at radius 2 is 1.79 bits per heavy atom. The Hall–Kier alpha value is -0.840. The summed E-state index contributed by atoms with van der Waals surface area (Å²) in [6, 6.07) is 0.915. The zero-order chi connectivity index (χ0) is 10.9. The van der Waals surface area contributed by atoms with Crippen LogP contribution in [0.5, 0.6) is 0 Å². The van der Waals surface area contributed by atoms with Crippen LogP contribution in [0.4, 0.5) is 18.9 Å². The predicted molar refractivity (Wildman–Crippen MR) is 51.7 cm³/mol. The molecule has 1 aromatic rings. The van der Waals surface area contributed by atoms with Gasteiger partial charge in [0.25, 0.3) is 0 Å². The molecule has 0 aromatic heterocycles. The zero-order valence-electron chi connectivity index (χ0n) is 7.77. The molecule has 0 fully saturated rings. The molecule has 0 aliphatic carbocycles. The van der Waals surface area contributed by atoms with E-state index in [4.69, 9.17) is 5.73 Å². The van der Waals surface area contributed by atoms with Crippen LogP contribution >= 0.6 is 11.8 Å². The quantitative estimate of drug-likeness (QED) is 0.471. The first-order valence-electron chi connectivity index (χ1n) is 4.03. The van der Waals surface area contributed by atoms with Gasteiger partial charge in [-0.05, 0) is 6.07 Å². The maximum atomic E-state index is 13.2. The lowest BCUT2D eigenvalue weighted by Gasteiger charge is -2.08. The van der Waals surface area contributed by atoms with E-state index in [2.05, 4.69) is 0 Å². The van der Waals surface area contributed by atoms with Gasteiger partial charge in [-0.2, -0.15) is 0 Å². The third-order valence-electron chi connectivity index (χ3n) is 1.52. The molecule has 78 valence electrons. The van der Waals surface area contributed by atoms with Crippen LogP contribution in [0.3, 0.4) is 0 Å². The average Bonchev–Trinajstić information content (AvgIpc) is 2.10. The first-order chi connectivity index (χ1) is 6.43. The number of hydrogen-bond acceptors (Lipinski definition) is 2. The van der Waals surface area contributed by atoms with E-state index >= 15 is 0 Å². The summed E-state index contributed by atoms with van der Waals surface area (Å²) in [6.07, 6.45) is 0. The third kappa shape index (κ3) is 2.15. The first-order valence-corrected chi connectivity index (χ1v) is 4.91. The van der Waals surface area contributed by atoms with Crippen LogP contribution in [0.25, 0.3) is 0 Å². The predicted octanol–water partition coefficient (Wildman–Crippen LogP) is 3.19. The van der Waals surface area contributed by atoms with Crippen LogP contribution in [0.1, 0.15) is 13.8 Å². The molecule has 1 aromatic carbocycles. The second-order valence-corrected chi connectivity index (χ2v) is 4.68. The monoisotopic (exact) mass is 221 g/mol. The molecule has 14 heavy (non-hydrogen) atoms. The summed E-state index contributed by atoms with van der Waals surface area (Å²) in [5.41, 5.74) is 4.22. The van der Waals surface area contributed by atoms with Crippen LogP contribution in [-0.2, 0) is 0 Å². The smallest absolute Gasteiger partial charge is 0.185 e. The van der Waals surface area contributed by atoms with Crippen molar-refractivity contribution in [1.29, 1.82) is 0 Å². The second-order valence-electron chi connectivity index (χ2n) is 3.06. The Labute approximate surface area is 84.5 Å². The summed E-state index contributed by atoms with van der Waals surface area (Å²) < 4.78 is 39.0. The van der Waals surface area contributed by atoms with Gasteiger partial charge in [-0.1, -0.05) is 13.8 Å². The lowest BCUT2D eigenvalue weighted by Crippen LogP contribution is -2.01. The fraction of sp³-hybridized carbons (Fsp3) is 0.333. The lowest BCUT2D eigenvalue weighted by molar-refractivity contribution is 0.482. The SMILES string of the molecule is CC(C)Sc1cc(F)c(N)c(F)c1F. The summed E-state index contributed by atoms with van der Waals surface area (Å²) >= 11 is 1.05. The van der Waals surface area contributed by atoms with E-state index in [1.807, 2.05) is 0 Å². The van der Waals surface area contributed by atoms with Crippen LogP contribution < -0.4 is 5.73 Å². The highest BCUT2D eigenvalue weighted by atomic mass is 32.2. The van der Waals surface area contributed by atoms with Gasteiger partial charge >= 0.3 is 0 Å². The molecule has 0 aliphatic rings. The summed E-state index contributed by atoms with van der Waals surface area (Å²) in [6.45, 7) is 3.60. The molecule has 0 saturated carbocycles. The molecule has 0 spiro atoms. The summed E-state index contributed by atoms with van der Waals surface area (Å²) in [7, 11) is 0. The Morgan fingerprint density at radius 1 is 1.21 bits per heavy atom. The van der Waals surface area contributed by atoms with Gasteiger partial charge in [-0.3, -0.25) is 0 Å². The number of thioether (sulfide) groups is 1. The van der Waals surface area contributed by atoms with Gasteiger partial charge in [0.2, 0.25) is 0 Å². The molecule has 0 atom stereocenters. The topological polar surface area (TPSA) is 26.0 Å². The number of halogens is 3. The third-order valence-corrected chi connectivity index (χ3v) is 2.55. The maximum Gasteiger partial charge on any atom is 0.185 e. The Balaban J connectivity index is 3.19. The van der Waals surface area contributed by atoms with Crippen molar-refractivity contribution in [1.82, 2.24) is 0 Å². The molecule has 0 heterocycles. The molecule has 0 unspecified atom stereocenters. The number of benzene rings is 1. The molecule has 1 nitrogen and oxygen atoms in total. The number of anilines is 1. The fourth-order valence-corrected chi connectivity index (χ4v) is 1.80. The standard InChI is InChI=1S/C9H10F3NS/c1-4(2)14-6-3-5(10)9(13)8(12)7(6)11/h3-4H,13H2,1-2H3. The maximum absolute atomic E-state index is 13.2. The van der Waals surface area contributed by atoms with E-state index in [9.17, 15) is 13.2 Å². The molecular weight excluding hydrogens is 211 g/mol. The molecule has 0 saturated heterocycles. The van der Waals surface area contributed by atoms with Gasteiger partial charge in [-0.15, -0.1) is 11.8 Å². The van der Waals surface area contributed by atoms with Crippen molar-refractivity contribution in [2.75, 3.05) is 5.73 Å². The summed E-state index contributed by atoms with van der Waals surface area (Å²) in [4.78, 5) is -0.0517. The van der Waals surface area contributed by atoms with E-state index in [0.717, 1.165) is 17.8 Å². The number of nitrogen functional groups attached to an aromatic ring is 1. The molecule has 2 N–H and O–H groups in total. The van der Waals surface area contributed by atoms with E-state index in [0.29, 0.717) is 0 Å². The molecule has 0 bridgehead atoms. The van der Waals surface area contributed by atoms with Crippen molar-refractivity contribution in [2.24, 2.45) is 0 Å². The van der Waals surface area contributed by atoms with Gasteiger partial charge in [0.05, 0.1) is 0 Å². The second kappa shape index (κ2) is 4.13. The minimum atomic E-state index is -1.31. The van der Waals surface area contributed by atoms with Crippen molar-refractivity contribution in [2.45, 2.75) is 24.0 Å². The Kier molecular flexibility index (Phi) is 3.31. The van der Waals surface area contributed by atoms with Crippen LogP contribution in [0, 0.1) is 17.5 Å². The van der Waals surface area contributed by atoms with Crippen LogP contribution in [0.2, 0.25) is 0 Å². The normalized spacial score (nSPS) is 11.0. The highest BCUT2D eigenvalue weighted by Crippen LogP contribution is 2.31. The highest BCUT2D eigenvalue weighted by molar-refractivity contribution is 7.99. The summed E-state index contributed by atoms with van der Waals surface area (Å²) in [5, 5.41) is 0.0481. The first kappa shape index (κ1) is 11.2. The van der Waals surface area contributed by atoms with Gasteiger partial charge in [0.15, 0.2) is 11.6 Å². The van der Waals surface area contributed by atoms with Gasteiger partial charge in [0.1, 0.15) is 11.5 Å². The largest absolute Gasteiger partial charge is 0.394 e.